The summed E-state index contributed by atoms with van der Waals surface area (Å²) in [6.45, 7) is 2.86. The standard InChI is InChI=1S/C28H24BrN5O3S/c1-2-3-4-15-33-24-14-13-22(34(36)37)16-23(24)26-27(33)30-28(32-31-26)38-17-25(35)20-7-5-18(6-8-20)19-9-11-21(29)12-10-19/h5-14,16H,2-4,15,17H2,1H3. The number of carbonyl (C=O) groups is 1. The van der Waals surface area contributed by atoms with Crippen molar-refractivity contribution in [2.75, 3.05) is 5.75 Å². The number of benzene rings is 3. The third-order valence-electron chi connectivity index (χ3n) is 6.34. The van der Waals surface area contributed by atoms with E-state index in [9.17, 15) is 14.9 Å². The molecule has 0 saturated heterocycles. The summed E-state index contributed by atoms with van der Waals surface area (Å²) < 4.78 is 3.06. The number of carbonyl (C=O) groups excluding carboxylic acids is 1. The van der Waals surface area contributed by atoms with Crippen molar-refractivity contribution in [3.8, 4) is 11.1 Å². The Hall–Kier alpha value is -3.63. The first-order valence-corrected chi connectivity index (χ1v) is 14.1. The van der Waals surface area contributed by atoms with Gasteiger partial charge in [0, 0.05) is 34.1 Å². The van der Waals surface area contributed by atoms with Crippen LogP contribution >= 0.6 is 27.7 Å². The second kappa shape index (κ2) is 11.4. The average Bonchev–Trinajstić information content (AvgIpc) is 3.24. The van der Waals surface area contributed by atoms with Crippen molar-refractivity contribution in [1.29, 1.82) is 0 Å². The molecule has 0 fully saturated rings. The number of thioether (sulfide) groups is 1. The molecule has 5 aromatic rings. The maximum Gasteiger partial charge on any atom is 0.270 e. The number of fused-ring (bicyclic) bond motifs is 3. The number of aromatic nitrogens is 4. The minimum absolute atomic E-state index is 0.00195. The highest BCUT2D eigenvalue weighted by Gasteiger charge is 2.18. The van der Waals surface area contributed by atoms with Crippen LogP contribution in [-0.4, -0.2) is 36.2 Å². The summed E-state index contributed by atoms with van der Waals surface area (Å²) in [4.78, 5) is 28.5. The second-order valence-electron chi connectivity index (χ2n) is 8.88. The van der Waals surface area contributed by atoms with Gasteiger partial charge in [0.05, 0.1) is 16.2 Å². The molecule has 0 radical (unpaired) electrons. The van der Waals surface area contributed by atoms with Gasteiger partial charge >= 0.3 is 0 Å². The minimum Gasteiger partial charge on any atom is -0.324 e. The van der Waals surface area contributed by atoms with Gasteiger partial charge in [-0.25, -0.2) is 4.98 Å². The van der Waals surface area contributed by atoms with E-state index in [1.807, 2.05) is 53.1 Å². The number of halogens is 1. The van der Waals surface area contributed by atoms with Crippen LogP contribution in [0.4, 0.5) is 5.69 Å². The number of non-ortho nitro benzene ring substituents is 1. The molecule has 5 rings (SSSR count). The van der Waals surface area contributed by atoms with E-state index >= 15 is 0 Å². The Bertz CT molecular complexity index is 1640. The van der Waals surface area contributed by atoms with E-state index in [0.717, 1.165) is 46.9 Å². The molecule has 3 aromatic carbocycles. The van der Waals surface area contributed by atoms with E-state index in [4.69, 9.17) is 4.98 Å². The Morgan fingerprint density at radius 2 is 1.71 bits per heavy atom. The summed E-state index contributed by atoms with van der Waals surface area (Å²) in [6, 6.07) is 20.4. The summed E-state index contributed by atoms with van der Waals surface area (Å²) >= 11 is 4.68. The summed E-state index contributed by atoms with van der Waals surface area (Å²) in [5.74, 6) is 0.145. The van der Waals surface area contributed by atoms with Gasteiger partial charge in [0.2, 0.25) is 5.16 Å². The number of unbranched alkanes of at least 4 members (excludes halogenated alkanes) is 2. The van der Waals surface area contributed by atoms with Gasteiger partial charge in [-0.15, -0.1) is 10.2 Å². The Labute approximate surface area is 231 Å². The SMILES string of the molecule is CCCCCn1c2ccc([N+](=O)[O-])cc2c2nnc(SCC(=O)c3ccc(-c4ccc(Br)cc4)cc3)nc21. The zero-order valence-corrected chi connectivity index (χ0v) is 23.0. The van der Waals surface area contributed by atoms with Crippen molar-refractivity contribution < 1.29 is 9.72 Å². The fourth-order valence-corrected chi connectivity index (χ4v) is 5.30. The molecule has 38 heavy (non-hydrogen) atoms. The molecule has 0 saturated carbocycles. The molecule has 0 bridgehead atoms. The van der Waals surface area contributed by atoms with Crippen LogP contribution in [0.1, 0.15) is 36.5 Å². The van der Waals surface area contributed by atoms with Gasteiger partial charge in [0.25, 0.3) is 5.69 Å². The van der Waals surface area contributed by atoms with Crippen molar-refractivity contribution in [2.45, 2.75) is 37.9 Å². The predicted octanol–water partition coefficient (Wildman–Crippen LogP) is 7.48. The Morgan fingerprint density at radius 1 is 1.00 bits per heavy atom. The first-order valence-electron chi connectivity index (χ1n) is 12.3. The molecule has 10 heteroatoms. The van der Waals surface area contributed by atoms with Gasteiger partial charge in [-0.2, -0.15) is 0 Å². The van der Waals surface area contributed by atoms with Crippen LogP contribution in [0.2, 0.25) is 0 Å². The lowest BCUT2D eigenvalue weighted by molar-refractivity contribution is -0.384. The molecule has 0 N–H and O–H groups in total. The van der Waals surface area contributed by atoms with E-state index < -0.39 is 4.92 Å². The molecule has 192 valence electrons. The highest BCUT2D eigenvalue weighted by molar-refractivity contribution is 9.10. The van der Waals surface area contributed by atoms with Gasteiger partial charge in [0.1, 0.15) is 5.52 Å². The fourth-order valence-electron chi connectivity index (χ4n) is 4.35. The third-order valence-corrected chi connectivity index (χ3v) is 7.71. The van der Waals surface area contributed by atoms with Crippen LogP contribution in [0.15, 0.2) is 76.4 Å². The molecule has 0 spiro atoms. The number of aryl methyl sites for hydroxylation is 1. The van der Waals surface area contributed by atoms with Crippen molar-refractivity contribution in [3.05, 3.63) is 86.9 Å². The topological polar surface area (TPSA) is 104 Å². The Morgan fingerprint density at radius 3 is 2.39 bits per heavy atom. The van der Waals surface area contributed by atoms with Gasteiger partial charge in [-0.05, 0) is 35.7 Å². The van der Waals surface area contributed by atoms with Crippen LogP contribution in [0, 0.1) is 10.1 Å². The highest BCUT2D eigenvalue weighted by atomic mass is 79.9. The maximum atomic E-state index is 12.9. The molecule has 0 atom stereocenters. The predicted molar refractivity (Wildman–Crippen MR) is 154 cm³/mol. The Balaban J connectivity index is 1.37. The number of nitro groups is 1. The molecule has 0 aliphatic heterocycles. The number of hydrogen-bond acceptors (Lipinski definition) is 7. The number of Topliss-reactive ketones (excluding diaryl/α,β-unsaturated/α-hetero) is 1. The molecular weight excluding hydrogens is 566 g/mol. The number of nitrogens with zero attached hydrogens (tertiary/aromatic N) is 5. The van der Waals surface area contributed by atoms with Crippen LogP contribution in [0.25, 0.3) is 33.2 Å². The highest BCUT2D eigenvalue weighted by Crippen LogP contribution is 2.31. The molecule has 8 nitrogen and oxygen atoms in total. The quantitative estimate of drug-likeness (QED) is 0.0546. The van der Waals surface area contributed by atoms with E-state index in [0.29, 0.717) is 27.3 Å². The molecule has 0 amide bonds. The van der Waals surface area contributed by atoms with E-state index in [-0.39, 0.29) is 17.2 Å². The van der Waals surface area contributed by atoms with Crippen LogP contribution < -0.4 is 0 Å². The molecule has 0 aliphatic rings. The normalized spacial score (nSPS) is 11.3. The summed E-state index contributed by atoms with van der Waals surface area (Å²) in [7, 11) is 0. The number of nitro benzene ring substituents is 1. The first-order chi connectivity index (χ1) is 18.4. The largest absolute Gasteiger partial charge is 0.324 e. The van der Waals surface area contributed by atoms with Gasteiger partial charge in [-0.3, -0.25) is 14.9 Å². The van der Waals surface area contributed by atoms with Crippen molar-refractivity contribution >= 4 is 61.2 Å². The number of hydrogen-bond donors (Lipinski definition) is 0. The lowest BCUT2D eigenvalue weighted by Crippen LogP contribution is -2.05. The zero-order chi connectivity index (χ0) is 26.6. The van der Waals surface area contributed by atoms with Crippen molar-refractivity contribution in [2.24, 2.45) is 0 Å². The van der Waals surface area contributed by atoms with Crippen LogP contribution in [0.5, 0.6) is 0 Å². The smallest absolute Gasteiger partial charge is 0.270 e. The number of ketones is 1. The van der Waals surface area contributed by atoms with Crippen molar-refractivity contribution in [3.63, 3.8) is 0 Å². The molecule has 0 aliphatic carbocycles. The molecule has 0 unspecified atom stereocenters. The first kappa shape index (κ1) is 26.0. The lowest BCUT2D eigenvalue weighted by atomic mass is 10.0. The van der Waals surface area contributed by atoms with E-state index in [2.05, 4.69) is 33.1 Å². The van der Waals surface area contributed by atoms with Gasteiger partial charge in [0.15, 0.2) is 11.4 Å². The summed E-state index contributed by atoms with van der Waals surface area (Å²) in [6.07, 6.45) is 3.08. The summed E-state index contributed by atoms with van der Waals surface area (Å²) in [5, 5.41) is 21.0. The molecular formula is C28H24BrN5O3S. The van der Waals surface area contributed by atoms with Crippen LogP contribution in [-0.2, 0) is 6.54 Å². The molecule has 2 heterocycles. The average molecular weight is 591 g/mol. The van der Waals surface area contributed by atoms with Gasteiger partial charge in [-0.1, -0.05) is 83.9 Å². The number of rotatable bonds is 10. The van der Waals surface area contributed by atoms with Crippen LogP contribution in [0.3, 0.4) is 0 Å². The zero-order valence-electron chi connectivity index (χ0n) is 20.6. The van der Waals surface area contributed by atoms with E-state index in [1.165, 1.54) is 23.9 Å². The van der Waals surface area contributed by atoms with Crippen molar-refractivity contribution in [1.82, 2.24) is 19.7 Å². The molecule has 2 aromatic heterocycles. The minimum atomic E-state index is -0.415. The third kappa shape index (κ3) is 5.46. The Kier molecular flexibility index (Phi) is 7.80. The van der Waals surface area contributed by atoms with Gasteiger partial charge < -0.3 is 4.57 Å². The summed E-state index contributed by atoms with van der Waals surface area (Å²) in [5.41, 5.74) is 4.73. The second-order valence-corrected chi connectivity index (χ2v) is 10.7. The fraction of sp³-hybridized carbons (Fsp3) is 0.214. The van der Waals surface area contributed by atoms with E-state index in [1.54, 1.807) is 6.07 Å². The monoisotopic (exact) mass is 589 g/mol. The lowest BCUT2D eigenvalue weighted by Gasteiger charge is -2.07. The maximum absolute atomic E-state index is 12.9.